The summed E-state index contributed by atoms with van der Waals surface area (Å²) in [5.41, 5.74) is 1.24. The molecule has 0 spiro atoms. The standard InChI is InChI=1S/C14H17BrN4/c15-12-5-3-10(4-6-12)8-13-17-14(19-18-13)11-2-1-7-16-9-11/h3-6,11,16H,1-2,7-9H2,(H,17,18,19). The second-order valence-corrected chi connectivity index (χ2v) is 5.90. The van der Waals surface area contributed by atoms with E-state index in [1.54, 1.807) is 0 Å². The Labute approximate surface area is 121 Å². The fourth-order valence-electron chi connectivity index (χ4n) is 2.44. The van der Waals surface area contributed by atoms with Crippen LogP contribution in [0.5, 0.6) is 0 Å². The summed E-state index contributed by atoms with van der Waals surface area (Å²) >= 11 is 3.44. The van der Waals surface area contributed by atoms with E-state index in [9.17, 15) is 0 Å². The normalized spacial score (nSPS) is 19.5. The lowest BCUT2D eigenvalue weighted by atomic mass is 9.99. The van der Waals surface area contributed by atoms with Crippen molar-refractivity contribution in [3.05, 3.63) is 46.0 Å². The minimum atomic E-state index is 0.462. The van der Waals surface area contributed by atoms with Crippen molar-refractivity contribution in [2.45, 2.75) is 25.2 Å². The summed E-state index contributed by atoms with van der Waals surface area (Å²) in [5.74, 6) is 2.37. The van der Waals surface area contributed by atoms with Crippen LogP contribution in [-0.4, -0.2) is 28.3 Å². The number of aromatic nitrogens is 3. The minimum absolute atomic E-state index is 0.462. The largest absolute Gasteiger partial charge is 0.316 e. The number of hydrogen-bond donors (Lipinski definition) is 2. The molecule has 5 heteroatoms. The van der Waals surface area contributed by atoms with Gasteiger partial charge in [-0.05, 0) is 37.1 Å². The lowest BCUT2D eigenvalue weighted by Gasteiger charge is -2.19. The maximum absolute atomic E-state index is 4.63. The van der Waals surface area contributed by atoms with Crippen LogP contribution in [0.15, 0.2) is 28.7 Å². The van der Waals surface area contributed by atoms with Crippen LogP contribution in [0.3, 0.4) is 0 Å². The highest BCUT2D eigenvalue weighted by Gasteiger charge is 2.19. The van der Waals surface area contributed by atoms with Crippen LogP contribution in [0, 0.1) is 0 Å². The number of nitrogens with zero attached hydrogens (tertiary/aromatic N) is 2. The fraction of sp³-hybridized carbons (Fsp3) is 0.429. The molecule has 3 rings (SSSR count). The lowest BCUT2D eigenvalue weighted by molar-refractivity contribution is 0.447. The number of aromatic amines is 1. The van der Waals surface area contributed by atoms with E-state index in [0.717, 1.165) is 35.6 Å². The zero-order valence-electron chi connectivity index (χ0n) is 10.7. The first-order valence-electron chi connectivity index (χ1n) is 6.67. The Hall–Kier alpha value is -1.20. The monoisotopic (exact) mass is 320 g/mol. The molecule has 0 saturated carbocycles. The molecule has 0 bridgehead atoms. The van der Waals surface area contributed by atoms with Gasteiger partial charge in [0.05, 0.1) is 0 Å². The van der Waals surface area contributed by atoms with E-state index >= 15 is 0 Å². The lowest BCUT2D eigenvalue weighted by Crippen LogP contribution is -2.28. The Morgan fingerprint density at radius 3 is 2.84 bits per heavy atom. The van der Waals surface area contributed by atoms with Gasteiger partial charge in [-0.2, -0.15) is 5.10 Å². The van der Waals surface area contributed by atoms with E-state index in [1.165, 1.54) is 18.4 Å². The minimum Gasteiger partial charge on any atom is -0.316 e. The van der Waals surface area contributed by atoms with Gasteiger partial charge in [0, 0.05) is 23.4 Å². The first kappa shape index (κ1) is 12.8. The van der Waals surface area contributed by atoms with Gasteiger partial charge in [-0.15, -0.1) is 0 Å². The van der Waals surface area contributed by atoms with Crippen LogP contribution < -0.4 is 5.32 Å². The first-order valence-corrected chi connectivity index (χ1v) is 7.47. The van der Waals surface area contributed by atoms with Crippen molar-refractivity contribution >= 4 is 15.9 Å². The van der Waals surface area contributed by atoms with Gasteiger partial charge in [0.1, 0.15) is 5.82 Å². The average Bonchev–Trinajstić information content (AvgIpc) is 2.91. The van der Waals surface area contributed by atoms with Crippen LogP contribution in [0.4, 0.5) is 0 Å². The van der Waals surface area contributed by atoms with Crippen molar-refractivity contribution in [3.8, 4) is 0 Å². The highest BCUT2D eigenvalue weighted by molar-refractivity contribution is 9.10. The number of halogens is 1. The molecule has 1 aliphatic rings. The summed E-state index contributed by atoms with van der Waals surface area (Å²) in [6.07, 6.45) is 3.20. The number of H-pyrrole nitrogens is 1. The van der Waals surface area contributed by atoms with E-state index in [0.29, 0.717) is 5.92 Å². The molecule has 2 heterocycles. The zero-order valence-corrected chi connectivity index (χ0v) is 12.3. The van der Waals surface area contributed by atoms with Gasteiger partial charge in [-0.1, -0.05) is 28.1 Å². The Morgan fingerprint density at radius 1 is 1.26 bits per heavy atom. The highest BCUT2D eigenvalue weighted by Crippen LogP contribution is 2.20. The predicted octanol–water partition coefficient (Wildman–Crippen LogP) is 2.62. The summed E-state index contributed by atoms with van der Waals surface area (Å²) in [6, 6.07) is 8.32. The van der Waals surface area contributed by atoms with Gasteiger partial charge in [-0.25, -0.2) is 4.98 Å². The van der Waals surface area contributed by atoms with Crippen molar-refractivity contribution in [1.82, 2.24) is 20.5 Å². The van der Waals surface area contributed by atoms with Crippen LogP contribution in [0.25, 0.3) is 0 Å². The van der Waals surface area contributed by atoms with E-state index in [2.05, 4.69) is 60.7 Å². The Morgan fingerprint density at radius 2 is 2.11 bits per heavy atom. The third kappa shape index (κ3) is 3.22. The van der Waals surface area contributed by atoms with Crippen molar-refractivity contribution in [1.29, 1.82) is 0 Å². The van der Waals surface area contributed by atoms with Crippen molar-refractivity contribution < 1.29 is 0 Å². The molecule has 0 radical (unpaired) electrons. The number of benzene rings is 1. The molecule has 1 atom stereocenters. The van der Waals surface area contributed by atoms with E-state index in [-0.39, 0.29) is 0 Å². The molecule has 4 nitrogen and oxygen atoms in total. The zero-order chi connectivity index (χ0) is 13.1. The first-order chi connectivity index (χ1) is 9.31. The van der Waals surface area contributed by atoms with Crippen LogP contribution in [-0.2, 0) is 6.42 Å². The van der Waals surface area contributed by atoms with Gasteiger partial charge < -0.3 is 5.32 Å². The molecule has 0 amide bonds. The molecule has 1 aliphatic heterocycles. The van der Waals surface area contributed by atoms with Gasteiger partial charge in [0.15, 0.2) is 5.82 Å². The number of nitrogens with one attached hydrogen (secondary N) is 2. The molecule has 2 N–H and O–H groups in total. The average molecular weight is 321 g/mol. The van der Waals surface area contributed by atoms with Crippen molar-refractivity contribution in [2.24, 2.45) is 0 Å². The fourth-order valence-corrected chi connectivity index (χ4v) is 2.70. The van der Waals surface area contributed by atoms with Gasteiger partial charge in [0.2, 0.25) is 0 Å². The van der Waals surface area contributed by atoms with Gasteiger partial charge in [-0.3, -0.25) is 5.10 Å². The predicted molar refractivity (Wildman–Crippen MR) is 78.2 cm³/mol. The van der Waals surface area contributed by atoms with Gasteiger partial charge >= 0.3 is 0 Å². The molecule has 100 valence electrons. The third-order valence-electron chi connectivity index (χ3n) is 3.50. The summed E-state index contributed by atoms with van der Waals surface area (Å²) < 4.78 is 1.10. The molecule has 2 aromatic rings. The van der Waals surface area contributed by atoms with Crippen molar-refractivity contribution in [3.63, 3.8) is 0 Å². The summed E-state index contributed by atoms with van der Waals surface area (Å²) in [7, 11) is 0. The molecular formula is C14H17BrN4. The molecule has 1 fully saturated rings. The number of hydrogen-bond acceptors (Lipinski definition) is 3. The molecule has 1 aromatic heterocycles. The smallest absolute Gasteiger partial charge is 0.155 e. The van der Waals surface area contributed by atoms with E-state index in [1.807, 2.05) is 0 Å². The number of rotatable bonds is 3. The second-order valence-electron chi connectivity index (χ2n) is 4.99. The van der Waals surface area contributed by atoms with E-state index < -0.39 is 0 Å². The van der Waals surface area contributed by atoms with Crippen molar-refractivity contribution in [2.75, 3.05) is 13.1 Å². The maximum Gasteiger partial charge on any atom is 0.155 e. The Kier molecular flexibility index (Phi) is 3.94. The van der Waals surface area contributed by atoms with Crippen LogP contribution >= 0.6 is 15.9 Å². The SMILES string of the molecule is Brc1ccc(Cc2nc(C3CCCNC3)n[nH]2)cc1. The molecular weight excluding hydrogens is 304 g/mol. The third-order valence-corrected chi connectivity index (χ3v) is 4.02. The Balaban J connectivity index is 1.68. The molecule has 19 heavy (non-hydrogen) atoms. The summed E-state index contributed by atoms with van der Waals surface area (Å²) in [4.78, 5) is 4.63. The maximum atomic E-state index is 4.63. The number of piperidine rings is 1. The topological polar surface area (TPSA) is 53.6 Å². The van der Waals surface area contributed by atoms with Gasteiger partial charge in [0.25, 0.3) is 0 Å². The van der Waals surface area contributed by atoms with E-state index in [4.69, 9.17) is 0 Å². The highest BCUT2D eigenvalue weighted by atomic mass is 79.9. The molecule has 1 unspecified atom stereocenters. The molecule has 0 aliphatic carbocycles. The molecule has 1 saturated heterocycles. The Bertz CT molecular complexity index is 529. The van der Waals surface area contributed by atoms with Crippen LogP contribution in [0.1, 0.15) is 36.0 Å². The quantitative estimate of drug-likeness (QED) is 0.914. The summed E-state index contributed by atoms with van der Waals surface area (Å²) in [5, 5.41) is 10.8. The molecule has 1 aromatic carbocycles. The summed E-state index contributed by atoms with van der Waals surface area (Å²) in [6.45, 7) is 2.11. The second kappa shape index (κ2) is 5.84. The van der Waals surface area contributed by atoms with Crippen LogP contribution in [0.2, 0.25) is 0 Å².